The summed E-state index contributed by atoms with van der Waals surface area (Å²) in [5, 5.41) is 0. The second kappa shape index (κ2) is 20.9. The molecular weight excluding hydrogens is 1090 g/mol. The van der Waals surface area contributed by atoms with E-state index in [-0.39, 0.29) is 46.5 Å². The van der Waals surface area contributed by atoms with Crippen LogP contribution in [0.2, 0.25) is 0 Å². The molecule has 0 spiro atoms. The average molecular weight is 1130 g/mol. The summed E-state index contributed by atoms with van der Waals surface area (Å²) in [4.78, 5) is 60.9. The number of fused-ring (bicyclic) bond motifs is 4. The number of benzene rings is 4. The Morgan fingerprint density at radius 2 is 1.17 bits per heavy atom. The molecule has 9 atom stereocenters. The van der Waals surface area contributed by atoms with Crippen molar-refractivity contribution in [3.8, 4) is 40.2 Å². The maximum absolute atomic E-state index is 14.7. The van der Waals surface area contributed by atoms with E-state index in [4.69, 9.17) is 66.1 Å². The second-order valence-electron chi connectivity index (χ2n) is 17.6. The van der Waals surface area contributed by atoms with Crippen LogP contribution in [0.5, 0.6) is 40.2 Å². The first kappa shape index (κ1) is 55.0. The van der Waals surface area contributed by atoms with Gasteiger partial charge >= 0.3 is 25.7 Å². The fourth-order valence-corrected chi connectivity index (χ4v) is 9.76. The van der Waals surface area contributed by atoms with E-state index in [1.165, 1.54) is 38.1 Å². The fraction of sp³-hybridized carbons (Fsp3) is 0.413. The molecule has 20 nitrogen and oxygen atoms in total. The highest BCUT2D eigenvalue weighted by molar-refractivity contribution is 7.46. The second-order valence-corrected chi connectivity index (χ2v) is 18.8. The first-order valence-electron chi connectivity index (χ1n) is 22.2. The number of methoxy groups -OCH3 is 2. The normalized spacial score (nSPS) is 24.9. The highest BCUT2D eigenvalue weighted by Gasteiger charge is 2.59. The van der Waals surface area contributed by atoms with Crippen molar-refractivity contribution in [3.05, 3.63) is 99.1 Å². The van der Waals surface area contributed by atoms with E-state index in [0.29, 0.717) is 0 Å². The predicted octanol–water partition coefficient (Wildman–Crippen LogP) is 6.15. The maximum atomic E-state index is 14.7. The summed E-state index contributed by atoms with van der Waals surface area (Å²) < 4.78 is 233. The zero-order valence-electron chi connectivity index (χ0n) is 39.5. The van der Waals surface area contributed by atoms with Gasteiger partial charge in [-0.2, -0.15) is 17.6 Å². The Hall–Kier alpha value is -6.82. The third kappa shape index (κ3) is 10.3. The van der Waals surface area contributed by atoms with Gasteiger partial charge in [0.05, 0.1) is 39.5 Å². The van der Waals surface area contributed by atoms with Crippen LogP contribution in [0.1, 0.15) is 42.6 Å². The molecule has 31 heteroatoms. The first-order chi connectivity index (χ1) is 36.3. The van der Waals surface area contributed by atoms with E-state index in [2.05, 4.69) is 0 Å². The third-order valence-electron chi connectivity index (χ3n) is 12.6. The lowest BCUT2D eigenvalue weighted by molar-refractivity contribution is -0.388. The minimum absolute atomic E-state index is 0.107. The Labute approximate surface area is 424 Å². The Bertz CT molecular complexity index is 3020. The molecule has 4 heterocycles. The average Bonchev–Trinajstić information content (AvgIpc) is 4.22. The number of carbonyl (C=O) groups is 3. The van der Waals surface area contributed by atoms with Crippen molar-refractivity contribution in [1.29, 1.82) is 0 Å². The van der Waals surface area contributed by atoms with Crippen LogP contribution >= 0.6 is 7.82 Å². The monoisotopic (exact) mass is 1130 g/mol. The molecule has 1 aliphatic carbocycles. The number of hydrogen-bond donors (Lipinski definition) is 2. The zero-order valence-corrected chi connectivity index (χ0v) is 40.4. The Kier molecular flexibility index (Phi) is 14.9. The fourth-order valence-electron chi connectivity index (χ4n) is 9.34. The van der Waals surface area contributed by atoms with Gasteiger partial charge in [-0.15, -0.1) is 0 Å². The molecule has 5 aliphatic rings. The van der Waals surface area contributed by atoms with Crippen molar-refractivity contribution in [2.75, 3.05) is 47.4 Å². The van der Waals surface area contributed by atoms with E-state index in [9.17, 15) is 72.6 Å². The lowest BCUT2D eigenvalue weighted by Crippen LogP contribution is -2.67. The van der Waals surface area contributed by atoms with Crippen molar-refractivity contribution in [2.24, 2.45) is 11.8 Å². The van der Waals surface area contributed by atoms with Crippen LogP contribution in [0.25, 0.3) is 0 Å². The van der Waals surface area contributed by atoms with Crippen LogP contribution in [0.4, 0.5) is 43.9 Å². The lowest BCUT2D eigenvalue weighted by Gasteiger charge is -2.51. The number of ether oxygens (including phenoxy) is 13. The van der Waals surface area contributed by atoms with Gasteiger partial charge in [-0.25, -0.2) is 40.5 Å². The lowest BCUT2D eigenvalue weighted by atomic mass is 9.66. The topological polar surface area (TPSA) is 238 Å². The summed E-state index contributed by atoms with van der Waals surface area (Å²) in [5.41, 5.74) is 0.561. The maximum Gasteiger partial charge on any atom is 0.525 e. The molecular formula is C46H37F10O20P. The molecule has 3 fully saturated rings. The van der Waals surface area contributed by atoms with Crippen molar-refractivity contribution in [3.63, 3.8) is 0 Å². The minimum Gasteiger partial charge on any atom is -0.493 e. The zero-order chi connectivity index (χ0) is 55.7. The molecule has 4 aromatic rings. The molecule has 77 heavy (non-hydrogen) atoms. The molecule has 9 rings (SSSR count). The van der Waals surface area contributed by atoms with Crippen LogP contribution in [0.15, 0.2) is 24.3 Å². The summed E-state index contributed by atoms with van der Waals surface area (Å²) >= 11 is 0. The van der Waals surface area contributed by atoms with Crippen molar-refractivity contribution in [1.82, 2.24) is 0 Å². The van der Waals surface area contributed by atoms with Crippen molar-refractivity contribution >= 4 is 25.7 Å². The van der Waals surface area contributed by atoms with E-state index in [1.54, 1.807) is 0 Å². The first-order valence-corrected chi connectivity index (χ1v) is 23.8. The van der Waals surface area contributed by atoms with Gasteiger partial charge < -0.3 is 66.1 Å². The van der Waals surface area contributed by atoms with Gasteiger partial charge in [0.25, 0.3) is 0 Å². The van der Waals surface area contributed by atoms with Crippen LogP contribution in [0.3, 0.4) is 0 Å². The summed E-state index contributed by atoms with van der Waals surface area (Å²) in [5.74, 6) is -39.0. The number of halogens is 10. The SMILES string of the molecule is COc1cc([C@@H]2c3cc4c(cc3[C@@H](O[C@@H]3O[C@@H]5COC(C)(C)O[C@H]5[C@@H](OC(=O)COc5c(F)c(F)c(F)c(F)c5F)[C@H]3OC(=O)COc3c(F)c(F)c(F)c(F)c3F)[C@H]3COC(=O)[C@H]23)OCO4)cc(OC)c1OP(=O)(O)O. The summed E-state index contributed by atoms with van der Waals surface area (Å²) in [6.07, 6.45) is -11.1. The molecule has 3 saturated heterocycles. The Balaban J connectivity index is 1.13. The van der Waals surface area contributed by atoms with Gasteiger partial charge in [-0.3, -0.25) is 14.6 Å². The number of phosphoric ester groups is 1. The molecule has 0 aromatic heterocycles. The molecule has 0 saturated carbocycles. The van der Waals surface area contributed by atoms with Gasteiger partial charge in [0.1, 0.15) is 12.2 Å². The number of rotatable bonds is 15. The number of hydrogen-bond acceptors (Lipinski definition) is 18. The van der Waals surface area contributed by atoms with E-state index >= 15 is 0 Å². The summed E-state index contributed by atoms with van der Waals surface area (Å²) in [6.45, 7) is -1.82. The largest absolute Gasteiger partial charge is 0.525 e. The van der Waals surface area contributed by atoms with Gasteiger partial charge in [0, 0.05) is 11.8 Å². The molecule has 4 aromatic carbocycles. The van der Waals surface area contributed by atoms with E-state index in [0.717, 1.165) is 14.2 Å². The van der Waals surface area contributed by atoms with Gasteiger partial charge in [-0.1, -0.05) is 0 Å². The molecule has 0 bridgehead atoms. The molecule has 0 radical (unpaired) electrons. The standard InChI is InChI=1S/C46H37F10O20P/c1-46(2)70-10-22-39(75-46)42(72-23(57)11-65-40-33(53)29(49)27(47)30(50)34(40)54)43(73-24(58)12-66-41-35(55)31(51)28(48)32(52)36(41)56)45(71-22)74-37-16-8-19-18(68-13-69-19)7-15(16)25(26-17(37)9-67-44(26)59)14-5-20(63-3)38(21(6-14)64-4)76-77(60,61)62/h5-8,17,22,25-26,37,39,42-43,45H,9-13H2,1-4H3,(H2,60,61,62)/t17-,22+,25+,26-,37+,39+,42+,43+,45-/m0/s1. The highest BCUT2D eigenvalue weighted by atomic mass is 31.2. The Morgan fingerprint density at radius 1 is 0.675 bits per heavy atom. The van der Waals surface area contributed by atoms with Crippen molar-refractivity contribution in [2.45, 2.75) is 62.4 Å². The van der Waals surface area contributed by atoms with Crippen molar-refractivity contribution < 1.29 is 139 Å². The molecule has 416 valence electrons. The molecule has 2 N–H and O–H groups in total. The van der Waals surface area contributed by atoms with Crippen LogP contribution in [-0.2, 0) is 52.1 Å². The Morgan fingerprint density at radius 3 is 1.68 bits per heavy atom. The quantitative estimate of drug-likeness (QED) is 0.0339. The van der Waals surface area contributed by atoms with Gasteiger partial charge in [0.15, 0.2) is 72.0 Å². The minimum atomic E-state index is -5.24. The highest BCUT2D eigenvalue weighted by Crippen LogP contribution is 2.58. The third-order valence-corrected chi connectivity index (χ3v) is 13.0. The smallest absolute Gasteiger partial charge is 0.493 e. The number of esters is 3. The summed E-state index contributed by atoms with van der Waals surface area (Å²) in [6, 6.07) is 5.49. The van der Waals surface area contributed by atoms with Gasteiger partial charge in [0.2, 0.25) is 70.7 Å². The van der Waals surface area contributed by atoms with E-state index in [1.807, 2.05) is 0 Å². The van der Waals surface area contributed by atoms with Gasteiger partial charge in [-0.05, 0) is 54.8 Å². The molecule has 4 aliphatic heterocycles. The molecule has 0 unspecified atom stereocenters. The van der Waals surface area contributed by atoms with E-state index < -0.39 is 188 Å². The molecule has 0 amide bonds. The number of carbonyl (C=O) groups excluding carboxylic acids is 3. The number of phosphoric acid groups is 1. The predicted molar refractivity (Wildman–Crippen MR) is 225 cm³/mol. The van der Waals surface area contributed by atoms with Crippen LogP contribution < -0.4 is 32.9 Å². The number of cyclic esters (lactones) is 1. The summed E-state index contributed by atoms with van der Waals surface area (Å²) in [7, 11) is -2.95. The van der Waals surface area contributed by atoms with Crippen LogP contribution in [-0.4, -0.2) is 112 Å². The van der Waals surface area contributed by atoms with Crippen LogP contribution in [0, 0.1) is 70.0 Å².